The number of phenols is 1. The highest BCUT2D eigenvalue weighted by Crippen LogP contribution is 2.17. The van der Waals surface area contributed by atoms with E-state index in [9.17, 15) is 29.1 Å². The van der Waals surface area contributed by atoms with Crippen LogP contribution in [0.3, 0.4) is 0 Å². The molecule has 0 aliphatic carbocycles. The van der Waals surface area contributed by atoms with Crippen LogP contribution in [0.5, 0.6) is 5.75 Å². The summed E-state index contributed by atoms with van der Waals surface area (Å²) >= 11 is 0. The van der Waals surface area contributed by atoms with Crippen LogP contribution in [0.4, 0.5) is 0 Å². The first-order valence-electron chi connectivity index (χ1n) is 17.7. The summed E-state index contributed by atoms with van der Waals surface area (Å²) < 4.78 is 0. The minimum absolute atomic E-state index is 0.0225. The number of nitrogens with two attached hydrogens (primary N) is 4. The number of rotatable bonds is 12. The molecule has 1 heterocycles. The molecule has 14 N–H and O–H groups in total. The Morgan fingerprint density at radius 3 is 1.70 bits per heavy atom. The van der Waals surface area contributed by atoms with Crippen molar-refractivity contribution in [3.05, 3.63) is 77.9 Å². The van der Waals surface area contributed by atoms with E-state index >= 15 is 0 Å². The van der Waals surface area contributed by atoms with Gasteiger partial charge >= 0.3 is 0 Å². The van der Waals surface area contributed by atoms with Crippen LogP contribution in [0.2, 0.25) is 0 Å². The minimum Gasteiger partial charge on any atom is -0.508 e. The summed E-state index contributed by atoms with van der Waals surface area (Å²) in [6.07, 6.45) is 0.687. The molecule has 4 rings (SSSR count). The van der Waals surface area contributed by atoms with Crippen LogP contribution in [-0.2, 0) is 36.8 Å². The molecule has 17 nitrogen and oxygen atoms in total. The number of aromatic hydroxyl groups is 1. The lowest BCUT2D eigenvalue weighted by molar-refractivity contribution is -0.135. The van der Waals surface area contributed by atoms with Gasteiger partial charge in [-0.05, 0) is 59.7 Å². The van der Waals surface area contributed by atoms with Crippen LogP contribution in [-0.4, -0.2) is 90.4 Å². The highest BCUT2D eigenvalue weighted by Gasteiger charge is 2.32. The summed E-state index contributed by atoms with van der Waals surface area (Å²) in [6, 6.07) is 15.0. The molecular formula is C37H49N11O6. The van der Waals surface area contributed by atoms with E-state index in [1.165, 1.54) is 12.1 Å². The fourth-order valence-corrected chi connectivity index (χ4v) is 5.94. The molecule has 5 amide bonds. The van der Waals surface area contributed by atoms with Crippen molar-refractivity contribution in [3.8, 4) is 5.75 Å². The van der Waals surface area contributed by atoms with Crippen LogP contribution < -0.4 is 49.5 Å². The Bertz CT molecular complexity index is 1840. The van der Waals surface area contributed by atoms with E-state index in [0.29, 0.717) is 12.0 Å². The topological polar surface area (TPSA) is 295 Å². The zero-order chi connectivity index (χ0) is 39.0. The van der Waals surface area contributed by atoms with Gasteiger partial charge in [0.25, 0.3) is 0 Å². The number of nitrogens with zero attached hydrogens (tertiary/aromatic N) is 2. The molecule has 0 saturated carbocycles. The van der Waals surface area contributed by atoms with E-state index in [4.69, 9.17) is 22.9 Å². The third-order valence-corrected chi connectivity index (χ3v) is 8.72. The molecule has 4 atom stereocenters. The first-order valence-corrected chi connectivity index (χ1v) is 17.7. The molecule has 3 aromatic rings. The van der Waals surface area contributed by atoms with Crippen molar-refractivity contribution >= 4 is 52.2 Å². The normalized spacial score (nSPS) is 20.1. The van der Waals surface area contributed by atoms with Gasteiger partial charge in [0.05, 0.1) is 0 Å². The molecule has 1 aliphatic heterocycles. The van der Waals surface area contributed by atoms with Gasteiger partial charge in [-0.15, -0.1) is 0 Å². The van der Waals surface area contributed by atoms with E-state index in [2.05, 4.69) is 36.6 Å². The summed E-state index contributed by atoms with van der Waals surface area (Å²) in [5, 5.41) is 25.5. The second-order valence-corrected chi connectivity index (χ2v) is 13.0. The Labute approximate surface area is 312 Å². The van der Waals surface area contributed by atoms with Gasteiger partial charge in [0.1, 0.15) is 29.9 Å². The van der Waals surface area contributed by atoms with E-state index in [1.54, 1.807) is 12.1 Å². The number of nitrogens with one attached hydrogen (secondary N) is 5. The Balaban J connectivity index is 1.66. The maximum atomic E-state index is 14.0. The average molecular weight is 744 g/mol. The highest BCUT2D eigenvalue weighted by molar-refractivity contribution is 5.96. The van der Waals surface area contributed by atoms with E-state index in [-0.39, 0.29) is 75.8 Å². The van der Waals surface area contributed by atoms with Gasteiger partial charge < -0.3 is 54.6 Å². The standard InChI is InChI=1S/C37H49N11O6/c38-36(39)43-16-3-7-27-33(52)46-28(8-4-17-44-37(40)41)34(53)48-29(21-23-9-12-24-5-1-2-6-25(24)19-23)32(51)42-18-15-31(50)45-30(35(54)47-27)20-22-10-13-26(49)14-11-22/h1-2,5-6,9-14,19,27-30,49H,3-4,7-8,15-18,20-21H2,(H,42,51)(H,45,50)(H,46,52)(H,47,54)(H,48,53)(H4,38,39,43)(H4,40,41,44)/t27-,28+,29+,30-/m1/s1. The average Bonchev–Trinajstić information content (AvgIpc) is 3.13. The SMILES string of the molecule is NC(N)=NCCC[C@@H]1NC(=O)[C@@H](CCCN=C(N)N)NC(=O)[C@@H](Cc2ccc(O)cc2)NC(=O)CCNC(=O)[C@H](Cc2ccc3ccccc3c2)NC1=O. The van der Waals surface area contributed by atoms with E-state index in [0.717, 1.165) is 16.3 Å². The van der Waals surface area contributed by atoms with Gasteiger partial charge in [0, 0.05) is 38.9 Å². The molecule has 0 bridgehead atoms. The molecule has 0 radical (unpaired) electrons. The van der Waals surface area contributed by atoms with Crippen LogP contribution in [0.1, 0.15) is 43.2 Å². The maximum absolute atomic E-state index is 14.0. The number of aliphatic imine (C=N–C) groups is 2. The predicted molar refractivity (Wildman–Crippen MR) is 205 cm³/mol. The van der Waals surface area contributed by atoms with Crippen LogP contribution in [0.25, 0.3) is 10.8 Å². The molecule has 288 valence electrons. The fraction of sp³-hybridized carbons (Fsp3) is 0.378. The highest BCUT2D eigenvalue weighted by atomic mass is 16.3. The molecule has 54 heavy (non-hydrogen) atoms. The fourth-order valence-electron chi connectivity index (χ4n) is 5.94. The number of benzene rings is 3. The van der Waals surface area contributed by atoms with Gasteiger partial charge in [0.2, 0.25) is 29.5 Å². The summed E-state index contributed by atoms with van der Waals surface area (Å²) in [5.41, 5.74) is 23.3. The number of phenolic OH excluding ortho intramolecular Hbond substituents is 1. The summed E-state index contributed by atoms with van der Waals surface area (Å²) in [7, 11) is 0. The minimum atomic E-state index is -1.18. The second-order valence-electron chi connectivity index (χ2n) is 13.0. The van der Waals surface area contributed by atoms with Gasteiger partial charge in [-0.25, -0.2) is 0 Å². The Kier molecular flexibility index (Phi) is 15.0. The van der Waals surface area contributed by atoms with Crippen molar-refractivity contribution in [2.24, 2.45) is 32.9 Å². The maximum Gasteiger partial charge on any atom is 0.243 e. The van der Waals surface area contributed by atoms with Crippen molar-refractivity contribution in [2.75, 3.05) is 19.6 Å². The monoisotopic (exact) mass is 743 g/mol. The zero-order valence-corrected chi connectivity index (χ0v) is 29.9. The van der Waals surface area contributed by atoms with Crippen molar-refractivity contribution in [1.29, 1.82) is 0 Å². The number of guanidine groups is 2. The summed E-state index contributed by atoms with van der Waals surface area (Å²) in [4.78, 5) is 76.5. The van der Waals surface area contributed by atoms with Gasteiger partial charge in [0.15, 0.2) is 11.9 Å². The lowest BCUT2D eigenvalue weighted by Gasteiger charge is -2.27. The number of fused-ring (bicyclic) bond motifs is 1. The first kappa shape index (κ1) is 40.4. The zero-order valence-electron chi connectivity index (χ0n) is 29.9. The second kappa shape index (κ2) is 20.0. The van der Waals surface area contributed by atoms with Crippen LogP contribution in [0, 0.1) is 0 Å². The lowest BCUT2D eigenvalue weighted by Crippen LogP contribution is -2.59. The van der Waals surface area contributed by atoms with Gasteiger partial charge in [-0.2, -0.15) is 0 Å². The van der Waals surface area contributed by atoms with Gasteiger partial charge in [-0.3, -0.25) is 34.0 Å². The largest absolute Gasteiger partial charge is 0.508 e. The van der Waals surface area contributed by atoms with Crippen molar-refractivity contribution < 1.29 is 29.1 Å². The molecule has 0 spiro atoms. The summed E-state index contributed by atoms with van der Waals surface area (Å²) in [5.74, 6) is -3.33. The van der Waals surface area contributed by atoms with Crippen LogP contribution >= 0.6 is 0 Å². The van der Waals surface area contributed by atoms with Crippen molar-refractivity contribution in [2.45, 2.75) is 69.1 Å². The number of amides is 5. The quantitative estimate of drug-likeness (QED) is 0.0607. The molecule has 0 unspecified atom stereocenters. The van der Waals surface area contributed by atoms with E-state index < -0.39 is 53.7 Å². The molecule has 17 heteroatoms. The Hall–Kier alpha value is -6.39. The molecule has 1 fully saturated rings. The molecule has 1 saturated heterocycles. The Morgan fingerprint density at radius 1 is 0.611 bits per heavy atom. The van der Waals surface area contributed by atoms with Crippen molar-refractivity contribution in [1.82, 2.24) is 26.6 Å². The first-order chi connectivity index (χ1) is 25.9. The lowest BCUT2D eigenvalue weighted by atomic mass is 10.00. The number of hydrogen-bond acceptors (Lipinski definition) is 8. The Morgan fingerprint density at radius 2 is 1.11 bits per heavy atom. The predicted octanol–water partition coefficient (Wildman–Crippen LogP) is -1.10. The smallest absolute Gasteiger partial charge is 0.243 e. The van der Waals surface area contributed by atoms with Crippen LogP contribution in [0.15, 0.2) is 76.7 Å². The van der Waals surface area contributed by atoms with E-state index in [1.807, 2.05) is 42.5 Å². The molecule has 1 aliphatic rings. The third-order valence-electron chi connectivity index (χ3n) is 8.72. The number of carbonyl (C=O) groups is 5. The van der Waals surface area contributed by atoms with Gasteiger partial charge in [-0.1, -0.05) is 54.6 Å². The molecule has 3 aromatic carbocycles. The number of carbonyl (C=O) groups excluding carboxylic acids is 5. The molecular weight excluding hydrogens is 694 g/mol. The van der Waals surface area contributed by atoms with Crippen molar-refractivity contribution in [3.63, 3.8) is 0 Å². The third kappa shape index (κ3) is 13.0. The summed E-state index contributed by atoms with van der Waals surface area (Å²) in [6.45, 7) is 0.234. The molecule has 0 aromatic heterocycles. The number of hydrogen-bond donors (Lipinski definition) is 10.